The quantitative estimate of drug-likeness (QED) is 0.792. The summed E-state index contributed by atoms with van der Waals surface area (Å²) < 4.78 is 38.1. The summed E-state index contributed by atoms with van der Waals surface area (Å²) in [4.78, 5) is 18.5. The van der Waals surface area contributed by atoms with Gasteiger partial charge in [0.25, 0.3) is 0 Å². The number of fused-ring (bicyclic) bond motifs is 1. The van der Waals surface area contributed by atoms with E-state index in [-0.39, 0.29) is 18.0 Å². The summed E-state index contributed by atoms with van der Waals surface area (Å²) in [6.45, 7) is 3.54. The SMILES string of the molecule is CCC[C@H](NC)C(=O)N[C@H]1CC[C@@H]2CN(c3ccc(C(F)(F)F)cn3)C[C@@H]21. The van der Waals surface area contributed by atoms with Crippen LogP contribution in [0.15, 0.2) is 18.3 Å². The van der Waals surface area contributed by atoms with Gasteiger partial charge in [0.1, 0.15) is 5.82 Å². The normalized spacial score (nSPS) is 26.1. The number of alkyl halides is 3. The molecule has 1 amide bonds. The van der Waals surface area contributed by atoms with Crippen LogP contribution in [0.1, 0.15) is 38.2 Å². The van der Waals surface area contributed by atoms with Gasteiger partial charge in [-0.3, -0.25) is 4.79 Å². The van der Waals surface area contributed by atoms with Crippen molar-refractivity contribution in [3.63, 3.8) is 0 Å². The second-order valence-corrected chi connectivity index (χ2v) is 7.55. The van der Waals surface area contributed by atoms with Gasteiger partial charge in [-0.05, 0) is 44.4 Å². The molecular formula is C19H27F3N4O. The average molecular weight is 384 g/mol. The number of carbonyl (C=O) groups excluding carboxylic acids is 1. The van der Waals surface area contributed by atoms with E-state index in [0.717, 1.165) is 44.5 Å². The summed E-state index contributed by atoms with van der Waals surface area (Å²) in [5.74, 6) is 1.37. The number of amides is 1. The van der Waals surface area contributed by atoms with Gasteiger partial charge in [-0.1, -0.05) is 13.3 Å². The highest BCUT2D eigenvalue weighted by molar-refractivity contribution is 5.82. The number of anilines is 1. The molecule has 8 heteroatoms. The van der Waals surface area contributed by atoms with Crippen LogP contribution in [-0.2, 0) is 11.0 Å². The first kappa shape index (κ1) is 19.9. The molecule has 2 aliphatic rings. The first-order valence-corrected chi connectivity index (χ1v) is 9.59. The fourth-order valence-electron chi connectivity index (χ4n) is 4.35. The van der Waals surface area contributed by atoms with E-state index in [1.807, 2.05) is 4.90 Å². The third-order valence-electron chi connectivity index (χ3n) is 5.83. The maximum atomic E-state index is 12.7. The molecule has 0 spiro atoms. The zero-order valence-electron chi connectivity index (χ0n) is 15.7. The summed E-state index contributed by atoms with van der Waals surface area (Å²) in [6, 6.07) is 2.46. The number of likely N-dealkylation sites (N-methyl/N-ethyl adjacent to an activating group) is 1. The number of pyridine rings is 1. The van der Waals surface area contributed by atoms with Crippen LogP contribution in [0, 0.1) is 11.8 Å². The number of hydrogen-bond acceptors (Lipinski definition) is 4. The topological polar surface area (TPSA) is 57.3 Å². The van der Waals surface area contributed by atoms with Crippen molar-refractivity contribution in [2.45, 2.75) is 50.9 Å². The Morgan fingerprint density at radius 3 is 2.70 bits per heavy atom. The van der Waals surface area contributed by atoms with Crippen molar-refractivity contribution in [3.05, 3.63) is 23.9 Å². The van der Waals surface area contributed by atoms with E-state index in [1.165, 1.54) is 6.07 Å². The van der Waals surface area contributed by atoms with Crippen molar-refractivity contribution in [2.24, 2.45) is 11.8 Å². The molecule has 1 aliphatic heterocycles. The predicted molar refractivity (Wildman–Crippen MR) is 97.4 cm³/mol. The number of nitrogens with zero attached hydrogens (tertiary/aromatic N) is 2. The van der Waals surface area contributed by atoms with E-state index in [0.29, 0.717) is 24.2 Å². The Bertz CT molecular complexity index is 649. The molecule has 150 valence electrons. The summed E-state index contributed by atoms with van der Waals surface area (Å²) >= 11 is 0. The van der Waals surface area contributed by atoms with Gasteiger partial charge in [0, 0.05) is 31.2 Å². The van der Waals surface area contributed by atoms with Gasteiger partial charge >= 0.3 is 6.18 Å². The Morgan fingerprint density at radius 1 is 1.33 bits per heavy atom. The maximum absolute atomic E-state index is 12.7. The Balaban J connectivity index is 1.62. The number of halogens is 3. The zero-order valence-corrected chi connectivity index (χ0v) is 15.7. The Kier molecular flexibility index (Phi) is 5.93. The number of carbonyl (C=O) groups is 1. The first-order chi connectivity index (χ1) is 12.8. The van der Waals surface area contributed by atoms with Crippen LogP contribution in [0.2, 0.25) is 0 Å². The molecule has 0 aromatic carbocycles. The molecule has 2 fully saturated rings. The van der Waals surface area contributed by atoms with E-state index < -0.39 is 11.7 Å². The minimum Gasteiger partial charge on any atom is -0.356 e. The Labute approximate surface area is 157 Å². The number of hydrogen-bond donors (Lipinski definition) is 2. The Hall–Kier alpha value is -1.83. The van der Waals surface area contributed by atoms with Crippen molar-refractivity contribution in [2.75, 3.05) is 25.0 Å². The lowest BCUT2D eigenvalue weighted by Gasteiger charge is -2.24. The van der Waals surface area contributed by atoms with E-state index >= 15 is 0 Å². The van der Waals surface area contributed by atoms with Crippen LogP contribution < -0.4 is 15.5 Å². The molecule has 1 aromatic heterocycles. The lowest BCUT2D eigenvalue weighted by Crippen LogP contribution is -2.48. The minimum atomic E-state index is -4.37. The summed E-state index contributed by atoms with van der Waals surface area (Å²) in [5.41, 5.74) is -0.732. The van der Waals surface area contributed by atoms with Gasteiger partial charge in [-0.15, -0.1) is 0 Å². The van der Waals surface area contributed by atoms with Gasteiger partial charge in [0.05, 0.1) is 11.6 Å². The van der Waals surface area contributed by atoms with Crippen molar-refractivity contribution >= 4 is 11.7 Å². The number of nitrogens with one attached hydrogen (secondary N) is 2. The van der Waals surface area contributed by atoms with Crippen molar-refractivity contribution in [3.8, 4) is 0 Å². The summed E-state index contributed by atoms with van der Waals surface area (Å²) in [6.07, 6.45) is 0.228. The van der Waals surface area contributed by atoms with Crippen molar-refractivity contribution in [1.82, 2.24) is 15.6 Å². The van der Waals surface area contributed by atoms with Crippen LogP contribution in [0.25, 0.3) is 0 Å². The molecule has 0 radical (unpaired) electrons. The minimum absolute atomic E-state index is 0.0381. The molecule has 2 N–H and O–H groups in total. The standard InChI is InChI=1S/C19H27F3N4O/c1-3-4-16(23-2)18(27)25-15-7-5-12-10-26(11-14(12)15)17-8-6-13(9-24-17)19(20,21)22/h6,8-9,12,14-16,23H,3-5,7,10-11H2,1-2H3,(H,25,27)/t12-,14+,15+,16+/m1/s1. The fourth-order valence-corrected chi connectivity index (χ4v) is 4.35. The summed E-state index contributed by atoms with van der Waals surface area (Å²) in [7, 11) is 1.80. The molecule has 1 saturated heterocycles. The molecule has 0 unspecified atom stereocenters. The number of aromatic nitrogens is 1. The molecule has 3 rings (SSSR count). The molecule has 5 nitrogen and oxygen atoms in total. The highest BCUT2D eigenvalue weighted by Crippen LogP contribution is 2.40. The van der Waals surface area contributed by atoms with Gasteiger partial charge in [-0.2, -0.15) is 13.2 Å². The van der Waals surface area contributed by atoms with E-state index in [9.17, 15) is 18.0 Å². The molecule has 0 bridgehead atoms. The van der Waals surface area contributed by atoms with Gasteiger partial charge in [0.2, 0.25) is 5.91 Å². The Morgan fingerprint density at radius 2 is 2.11 bits per heavy atom. The van der Waals surface area contributed by atoms with Crippen LogP contribution in [-0.4, -0.2) is 43.1 Å². The van der Waals surface area contributed by atoms with Crippen LogP contribution in [0.5, 0.6) is 0 Å². The van der Waals surface area contributed by atoms with Crippen molar-refractivity contribution < 1.29 is 18.0 Å². The fraction of sp³-hybridized carbons (Fsp3) is 0.684. The molecule has 1 saturated carbocycles. The molecule has 2 heterocycles. The zero-order chi connectivity index (χ0) is 19.6. The first-order valence-electron chi connectivity index (χ1n) is 9.59. The average Bonchev–Trinajstić information content (AvgIpc) is 3.21. The van der Waals surface area contributed by atoms with E-state index in [4.69, 9.17) is 0 Å². The van der Waals surface area contributed by atoms with Crippen LogP contribution in [0.4, 0.5) is 19.0 Å². The van der Waals surface area contributed by atoms with Gasteiger partial charge < -0.3 is 15.5 Å². The second kappa shape index (κ2) is 8.04. The molecule has 1 aromatic rings. The second-order valence-electron chi connectivity index (χ2n) is 7.55. The largest absolute Gasteiger partial charge is 0.417 e. The highest BCUT2D eigenvalue weighted by atomic mass is 19.4. The van der Waals surface area contributed by atoms with E-state index in [1.54, 1.807) is 7.05 Å². The van der Waals surface area contributed by atoms with Gasteiger partial charge in [0.15, 0.2) is 0 Å². The smallest absolute Gasteiger partial charge is 0.356 e. The molecular weight excluding hydrogens is 357 g/mol. The number of rotatable bonds is 6. The summed E-state index contributed by atoms with van der Waals surface area (Å²) in [5, 5.41) is 6.25. The third kappa shape index (κ3) is 4.36. The predicted octanol–water partition coefficient (Wildman–Crippen LogP) is 2.82. The lowest BCUT2D eigenvalue weighted by molar-refractivity contribution is -0.137. The molecule has 27 heavy (non-hydrogen) atoms. The van der Waals surface area contributed by atoms with Crippen LogP contribution >= 0.6 is 0 Å². The van der Waals surface area contributed by atoms with Crippen LogP contribution in [0.3, 0.4) is 0 Å². The monoisotopic (exact) mass is 384 g/mol. The highest BCUT2D eigenvalue weighted by Gasteiger charge is 2.44. The maximum Gasteiger partial charge on any atom is 0.417 e. The molecule has 4 atom stereocenters. The third-order valence-corrected chi connectivity index (χ3v) is 5.83. The van der Waals surface area contributed by atoms with Gasteiger partial charge in [-0.25, -0.2) is 4.98 Å². The molecule has 1 aliphatic carbocycles. The van der Waals surface area contributed by atoms with E-state index in [2.05, 4.69) is 22.5 Å². The van der Waals surface area contributed by atoms with Crippen molar-refractivity contribution in [1.29, 1.82) is 0 Å². The lowest BCUT2D eigenvalue weighted by atomic mass is 9.97.